The molecular formula is C24H27N5O3. The highest BCUT2D eigenvalue weighted by Crippen LogP contribution is 2.52. The molecule has 3 aromatic rings. The van der Waals surface area contributed by atoms with Crippen LogP contribution in [0.3, 0.4) is 0 Å². The summed E-state index contributed by atoms with van der Waals surface area (Å²) in [4.78, 5) is 24.6. The number of aromatic nitrogens is 4. The van der Waals surface area contributed by atoms with E-state index in [4.69, 9.17) is 9.47 Å². The van der Waals surface area contributed by atoms with Crippen LogP contribution in [0.15, 0.2) is 18.2 Å². The Bertz CT molecular complexity index is 1240. The number of carbonyl (C=O) groups is 1. The van der Waals surface area contributed by atoms with Gasteiger partial charge in [-0.1, -0.05) is 12.8 Å². The van der Waals surface area contributed by atoms with Crippen molar-refractivity contribution in [1.29, 1.82) is 0 Å². The van der Waals surface area contributed by atoms with Gasteiger partial charge in [0.1, 0.15) is 13.2 Å². The Morgan fingerprint density at radius 3 is 2.53 bits per heavy atom. The average molecular weight is 434 g/mol. The standard InChI is InChI=1S/C24H27N5O3/c1-14-10-15(2)29-23(25-14)26-21(27-29)22(30)28-13-24(6-4-5-7-24)18-12-20-19(31-8-9-32-20)11-17(18)16(28)3/h10-12,16H,4-9,13H2,1-3H3. The van der Waals surface area contributed by atoms with Crippen LogP contribution < -0.4 is 9.47 Å². The molecule has 4 heterocycles. The monoisotopic (exact) mass is 433 g/mol. The van der Waals surface area contributed by atoms with Crippen molar-refractivity contribution < 1.29 is 14.3 Å². The third-order valence-electron chi connectivity index (χ3n) is 7.31. The van der Waals surface area contributed by atoms with Gasteiger partial charge in [0.25, 0.3) is 11.7 Å². The molecule has 2 aliphatic heterocycles. The van der Waals surface area contributed by atoms with Gasteiger partial charge in [-0.25, -0.2) is 9.50 Å². The van der Waals surface area contributed by atoms with Gasteiger partial charge in [-0.05, 0) is 62.9 Å². The molecule has 8 heteroatoms. The quantitative estimate of drug-likeness (QED) is 0.584. The molecule has 0 radical (unpaired) electrons. The van der Waals surface area contributed by atoms with Crippen molar-refractivity contribution in [2.45, 2.75) is 57.9 Å². The summed E-state index contributed by atoms with van der Waals surface area (Å²) in [6.07, 6.45) is 4.46. The van der Waals surface area contributed by atoms with Crippen molar-refractivity contribution in [1.82, 2.24) is 24.5 Å². The van der Waals surface area contributed by atoms with Crippen molar-refractivity contribution in [3.05, 3.63) is 46.5 Å². The molecule has 1 amide bonds. The second-order valence-electron chi connectivity index (χ2n) is 9.37. The Labute approximate surface area is 186 Å². The van der Waals surface area contributed by atoms with Crippen molar-refractivity contribution in [3.63, 3.8) is 0 Å². The van der Waals surface area contributed by atoms with Crippen molar-refractivity contribution in [2.24, 2.45) is 0 Å². The number of fused-ring (bicyclic) bond motifs is 4. The van der Waals surface area contributed by atoms with Gasteiger partial charge in [0, 0.05) is 23.3 Å². The molecule has 6 rings (SSSR count). The maximum absolute atomic E-state index is 13.7. The third kappa shape index (κ3) is 2.81. The second kappa shape index (κ2) is 6.92. The molecular weight excluding hydrogens is 406 g/mol. The summed E-state index contributed by atoms with van der Waals surface area (Å²) in [6.45, 7) is 7.74. The molecule has 1 aromatic carbocycles. The van der Waals surface area contributed by atoms with Gasteiger partial charge in [-0.2, -0.15) is 4.98 Å². The first kappa shape index (κ1) is 19.5. The van der Waals surface area contributed by atoms with Gasteiger partial charge in [-0.15, -0.1) is 5.10 Å². The van der Waals surface area contributed by atoms with E-state index >= 15 is 0 Å². The fourth-order valence-electron chi connectivity index (χ4n) is 5.74. The number of benzene rings is 1. The van der Waals surface area contributed by atoms with Gasteiger partial charge in [0.2, 0.25) is 5.82 Å². The van der Waals surface area contributed by atoms with Crippen LogP contribution in [0.2, 0.25) is 0 Å². The lowest BCUT2D eigenvalue weighted by atomic mass is 9.71. The number of aryl methyl sites for hydroxylation is 2. The van der Waals surface area contributed by atoms with E-state index in [1.807, 2.05) is 24.8 Å². The Hall–Kier alpha value is -3.16. The molecule has 1 unspecified atom stereocenters. The molecule has 0 N–H and O–H groups in total. The van der Waals surface area contributed by atoms with E-state index in [1.165, 1.54) is 18.4 Å². The normalized spacial score (nSPS) is 21.2. The minimum atomic E-state index is -0.146. The van der Waals surface area contributed by atoms with Gasteiger partial charge >= 0.3 is 0 Å². The molecule has 1 saturated carbocycles. The van der Waals surface area contributed by atoms with Crippen LogP contribution in [0, 0.1) is 13.8 Å². The van der Waals surface area contributed by atoms with Gasteiger partial charge < -0.3 is 14.4 Å². The summed E-state index contributed by atoms with van der Waals surface area (Å²) in [6, 6.07) is 6.09. The molecule has 1 fully saturated rings. The minimum Gasteiger partial charge on any atom is -0.486 e. The zero-order valence-corrected chi connectivity index (χ0v) is 18.7. The van der Waals surface area contributed by atoms with Gasteiger partial charge in [0.15, 0.2) is 11.5 Å². The smallest absolute Gasteiger partial charge is 0.294 e. The van der Waals surface area contributed by atoms with Crippen LogP contribution in [0.5, 0.6) is 11.5 Å². The summed E-state index contributed by atoms with van der Waals surface area (Å²) in [7, 11) is 0. The Morgan fingerprint density at radius 2 is 1.78 bits per heavy atom. The van der Waals surface area contributed by atoms with Crippen LogP contribution in [-0.4, -0.2) is 50.1 Å². The van der Waals surface area contributed by atoms with Crippen molar-refractivity contribution in [2.75, 3.05) is 19.8 Å². The number of nitrogens with zero attached hydrogens (tertiary/aromatic N) is 5. The molecule has 1 spiro atoms. The highest BCUT2D eigenvalue weighted by molar-refractivity contribution is 5.91. The highest BCUT2D eigenvalue weighted by atomic mass is 16.6. The summed E-state index contributed by atoms with van der Waals surface area (Å²) in [5, 5.41) is 4.51. The lowest BCUT2D eigenvalue weighted by Gasteiger charge is -2.46. The first-order chi connectivity index (χ1) is 15.4. The van der Waals surface area contributed by atoms with E-state index in [-0.39, 0.29) is 23.2 Å². The summed E-state index contributed by atoms with van der Waals surface area (Å²) in [5.74, 6) is 2.11. The Balaban J connectivity index is 1.44. The van der Waals surface area contributed by atoms with Gasteiger partial charge in [0.05, 0.1) is 6.04 Å². The molecule has 0 saturated heterocycles. The summed E-state index contributed by atoms with van der Waals surface area (Å²) >= 11 is 0. The van der Waals surface area contributed by atoms with E-state index < -0.39 is 0 Å². The Morgan fingerprint density at radius 1 is 1.06 bits per heavy atom. The van der Waals surface area contributed by atoms with Crippen LogP contribution >= 0.6 is 0 Å². The first-order valence-electron chi connectivity index (χ1n) is 11.4. The van der Waals surface area contributed by atoms with Crippen molar-refractivity contribution >= 4 is 11.7 Å². The van der Waals surface area contributed by atoms with Crippen LogP contribution in [0.1, 0.15) is 71.8 Å². The van der Waals surface area contributed by atoms with E-state index in [2.05, 4.69) is 34.1 Å². The fraction of sp³-hybridized carbons (Fsp3) is 0.500. The SMILES string of the molecule is Cc1cc(C)n2nc(C(=O)N3CC4(CCCC4)c4cc5c(cc4C3C)OCCO5)nc2n1. The number of hydrogen-bond acceptors (Lipinski definition) is 6. The second-order valence-corrected chi connectivity index (χ2v) is 9.37. The zero-order chi connectivity index (χ0) is 22.0. The topological polar surface area (TPSA) is 81.9 Å². The molecule has 1 aliphatic carbocycles. The molecule has 166 valence electrons. The zero-order valence-electron chi connectivity index (χ0n) is 18.7. The molecule has 2 aromatic heterocycles. The molecule has 32 heavy (non-hydrogen) atoms. The van der Waals surface area contributed by atoms with Crippen LogP contribution in [0.25, 0.3) is 5.78 Å². The maximum atomic E-state index is 13.7. The number of hydrogen-bond donors (Lipinski definition) is 0. The minimum absolute atomic E-state index is 0.0583. The molecule has 1 atom stereocenters. The predicted octanol–water partition coefficient (Wildman–Crippen LogP) is 3.54. The van der Waals surface area contributed by atoms with Crippen LogP contribution in [-0.2, 0) is 5.41 Å². The average Bonchev–Trinajstić information content (AvgIpc) is 3.43. The largest absolute Gasteiger partial charge is 0.486 e. The first-order valence-corrected chi connectivity index (χ1v) is 11.4. The number of rotatable bonds is 1. The number of carbonyl (C=O) groups excluding carboxylic acids is 1. The van der Waals surface area contributed by atoms with Crippen LogP contribution in [0.4, 0.5) is 0 Å². The van der Waals surface area contributed by atoms with E-state index in [0.29, 0.717) is 25.5 Å². The fourth-order valence-corrected chi connectivity index (χ4v) is 5.74. The third-order valence-corrected chi connectivity index (χ3v) is 7.31. The lowest BCUT2D eigenvalue weighted by Crippen LogP contribution is -2.49. The van der Waals surface area contributed by atoms with E-state index in [1.54, 1.807) is 4.52 Å². The number of ether oxygens (including phenoxy) is 2. The molecule has 3 aliphatic rings. The molecule has 8 nitrogen and oxygen atoms in total. The van der Waals surface area contributed by atoms with Gasteiger partial charge in [-0.3, -0.25) is 4.79 Å². The maximum Gasteiger partial charge on any atom is 0.294 e. The molecule has 0 bridgehead atoms. The van der Waals surface area contributed by atoms with E-state index in [9.17, 15) is 4.79 Å². The predicted molar refractivity (Wildman–Crippen MR) is 117 cm³/mol. The number of amides is 1. The van der Waals surface area contributed by atoms with E-state index in [0.717, 1.165) is 41.3 Å². The van der Waals surface area contributed by atoms with Crippen molar-refractivity contribution in [3.8, 4) is 11.5 Å². The highest BCUT2D eigenvalue weighted by Gasteiger charge is 2.47. The lowest BCUT2D eigenvalue weighted by molar-refractivity contribution is 0.0581. The summed E-state index contributed by atoms with van der Waals surface area (Å²) < 4.78 is 13.4. The summed E-state index contributed by atoms with van der Waals surface area (Å²) in [5.41, 5.74) is 4.17. The Kier molecular flexibility index (Phi) is 4.22.